The van der Waals surface area contributed by atoms with Crippen LogP contribution in [0.2, 0.25) is 0 Å². The van der Waals surface area contributed by atoms with Gasteiger partial charge >= 0.3 is 0 Å². The molecule has 1 N–H and O–H groups in total. The van der Waals surface area contributed by atoms with Gasteiger partial charge in [0.05, 0.1) is 42.5 Å². The maximum absolute atomic E-state index is 15.1. The number of ether oxygens (including phenoxy) is 1. The van der Waals surface area contributed by atoms with Crippen molar-refractivity contribution in [3.8, 4) is 0 Å². The number of halogens is 2. The summed E-state index contributed by atoms with van der Waals surface area (Å²) in [6.45, 7) is 2.66. The molecule has 2 aromatic carbocycles. The molecule has 3 aliphatic heterocycles. The molecule has 6 rings (SSSR count). The molecule has 41 heavy (non-hydrogen) atoms. The van der Waals surface area contributed by atoms with Crippen molar-refractivity contribution in [3.05, 3.63) is 76.6 Å². The lowest BCUT2D eigenvalue weighted by Gasteiger charge is -2.27. The number of anilines is 2. The van der Waals surface area contributed by atoms with E-state index < -0.39 is 27.4 Å². The van der Waals surface area contributed by atoms with Crippen molar-refractivity contribution in [2.45, 2.75) is 12.5 Å². The summed E-state index contributed by atoms with van der Waals surface area (Å²) in [5, 5.41) is 3.12. The van der Waals surface area contributed by atoms with Crippen LogP contribution in [-0.4, -0.2) is 91.2 Å². The maximum Gasteiger partial charge on any atom is 0.254 e. The number of carbonyl (C=O) groups excluding carboxylic acids is 1. The van der Waals surface area contributed by atoms with Crippen LogP contribution in [0.15, 0.2) is 47.6 Å². The fourth-order valence-corrected chi connectivity index (χ4v) is 6.38. The summed E-state index contributed by atoms with van der Waals surface area (Å²) >= 11 is 0. The molecule has 1 aromatic heterocycles. The molecule has 0 radical (unpaired) electrons. The second kappa shape index (κ2) is 11.2. The quantitative estimate of drug-likeness (QED) is 0.472. The summed E-state index contributed by atoms with van der Waals surface area (Å²) in [7, 11) is -3.09. The van der Waals surface area contributed by atoms with E-state index >= 15 is 8.78 Å². The van der Waals surface area contributed by atoms with Crippen molar-refractivity contribution in [3.63, 3.8) is 0 Å². The Morgan fingerprint density at radius 3 is 2.39 bits per heavy atom. The van der Waals surface area contributed by atoms with Crippen molar-refractivity contribution in [1.29, 1.82) is 0 Å². The van der Waals surface area contributed by atoms with Crippen LogP contribution in [0.3, 0.4) is 0 Å². The molecule has 4 heterocycles. The Hall–Kier alpha value is -3.81. The van der Waals surface area contributed by atoms with Crippen molar-refractivity contribution in [2.75, 3.05) is 56.2 Å². The minimum Gasteiger partial charge on any atom is -0.378 e. The number of benzene rings is 2. The zero-order chi connectivity index (χ0) is 28.6. The van der Waals surface area contributed by atoms with Gasteiger partial charge in [-0.05, 0) is 42.0 Å². The van der Waals surface area contributed by atoms with Gasteiger partial charge in [-0.3, -0.25) is 14.7 Å². The number of fused-ring (bicyclic) bond motifs is 1. The molecule has 1 unspecified atom stereocenters. The highest BCUT2D eigenvalue weighted by Gasteiger charge is 2.28. The lowest BCUT2D eigenvalue weighted by atomic mass is 9.95. The third kappa shape index (κ3) is 5.97. The lowest BCUT2D eigenvalue weighted by Crippen LogP contribution is -2.40. The smallest absolute Gasteiger partial charge is 0.254 e. The second-order valence-corrected chi connectivity index (χ2v) is 12.5. The van der Waals surface area contributed by atoms with Gasteiger partial charge in [0.25, 0.3) is 5.91 Å². The molecule has 0 saturated carbocycles. The van der Waals surface area contributed by atoms with Crippen LogP contribution in [0.1, 0.15) is 33.1 Å². The van der Waals surface area contributed by atoms with E-state index in [1.54, 1.807) is 46.5 Å². The Morgan fingerprint density at radius 1 is 1.02 bits per heavy atom. The summed E-state index contributed by atoms with van der Waals surface area (Å²) in [5.41, 5.74) is 2.53. The predicted octanol–water partition coefficient (Wildman–Crippen LogP) is 3.05. The highest BCUT2D eigenvalue weighted by Crippen LogP contribution is 2.36. The van der Waals surface area contributed by atoms with Gasteiger partial charge in [-0.2, -0.15) is 0 Å². The first-order chi connectivity index (χ1) is 19.8. The molecule has 3 aliphatic rings. The molecular formula is C28H28F2N6O4S. The number of carbonyl (C=O) groups is 1. The van der Waals surface area contributed by atoms with Crippen LogP contribution in [-0.2, 0) is 21.1 Å². The van der Waals surface area contributed by atoms with E-state index in [9.17, 15) is 13.2 Å². The zero-order valence-electron chi connectivity index (χ0n) is 22.1. The number of rotatable bonds is 6. The maximum atomic E-state index is 15.1. The summed E-state index contributed by atoms with van der Waals surface area (Å²) in [4.78, 5) is 29.4. The molecule has 0 bridgehead atoms. The first kappa shape index (κ1) is 27.4. The molecule has 3 aromatic rings. The monoisotopic (exact) mass is 582 g/mol. The van der Waals surface area contributed by atoms with Crippen molar-refractivity contribution >= 4 is 39.3 Å². The fraction of sp³-hybridized carbons (Fsp3) is 0.357. The minimum atomic E-state index is -3.09. The largest absolute Gasteiger partial charge is 0.378 e. The molecule has 2 saturated heterocycles. The Morgan fingerprint density at radius 2 is 1.71 bits per heavy atom. The van der Waals surface area contributed by atoms with Gasteiger partial charge in [-0.15, -0.1) is 0 Å². The zero-order valence-corrected chi connectivity index (χ0v) is 22.9. The standard InChI is InChI=1S/C28H28F2N6O4S/c29-23-13-19(14-24(30)22(23)17-35-7-11-41(38,39)12-8-35)21-15-31-25-16-32-28(34-26(21)25)33-20-3-1-18(2-4-20)27(37)36-5-9-40-10-6-36/h1-4,13-16,21H,5-12,17H2,(H,32,33,34). The van der Waals surface area contributed by atoms with E-state index in [0.717, 1.165) is 0 Å². The SMILES string of the molecule is O=C(c1ccc(Nc2ncc3c(n2)C(c2cc(F)c(CN4CCS(=O)(=O)CC4)c(F)c2)C=N3)cc1)N1CCOCC1. The van der Waals surface area contributed by atoms with Gasteiger partial charge in [-0.1, -0.05) is 0 Å². The van der Waals surface area contributed by atoms with Crippen LogP contribution in [0, 0.1) is 11.6 Å². The van der Waals surface area contributed by atoms with Crippen LogP contribution in [0.25, 0.3) is 0 Å². The number of aromatic nitrogens is 2. The molecule has 0 spiro atoms. The van der Waals surface area contributed by atoms with Gasteiger partial charge in [-0.25, -0.2) is 27.2 Å². The van der Waals surface area contributed by atoms with Crippen LogP contribution >= 0.6 is 0 Å². The Bertz CT molecular complexity index is 1570. The predicted molar refractivity (Wildman–Crippen MR) is 149 cm³/mol. The van der Waals surface area contributed by atoms with E-state index in [1.807, 2.05) is 0 Å². The first-order valence-electron chi connectivity index (χ1n) is 13.3. The summed E-state index contributed by atoms with van der Waals surface area (Å²) < 4.78 is 58.9. The third-order valence-electron chi connectivity index (χ3n) is 7.48. The number of aliphatic imine (C=N–C) groups is 1. The van der Waals surface area contributed by atoms with E-state index in [0.29, 0.717) is 54.5 Å². The highest BCUT2D eigenvalue weighted by atomic mass is 32.2. The minimum absolute atomic E-state index is 0.00409. The molecule has 1 amide bonds. The molecule has 10 nitrogen and oxygen atoms in total. The number of nitrogens with one attached hydrogen (secondary N) is 1. The molecular weight excluding hydrogens is 554 g/mol. The Kier molecular flexibility index (Phi) is 7.49. The molecule has 2 fully saturated rings. The molecule has 0 aliphatic carbocycles. The van der Waals surface area contributed by atoms with Crippen molar-refractivity contribution in [1.82, 2.24) is 19.8 Å². The summed E-state index contributed by atoms with van der Waals surface area (Å²) in [6, 6.07) is 9.55. The summed E-state index contributed by atoms with van der Waals surface area (Å²) in [6.07, 6.45) is 3.13. The van der Waals surface area contributed by atoms with Gasteiger partial charge in [0.2, 0.25) is 5.95 Å². The number of amides is 1. The van der Waals surface area contributed by atoms with Gasteiger partial charge in [0, 0.05) is 55.8 Å². The fourth-order valence-electron chi connectivity index (χ4n) is 5.11. The third-order valence-corrected chi connectivity index (χ3v) is 9.09. The first-order valence-corrected chi connectivity index (χ1v) is 15.1. The van der Waals surface area contributed by atoms with E-state index in [4.69, 9.17) is 4.74 Å². The number of nitrogens with zero attached hydrogens (tertiary/aromatic N) is 5. The van der Waals surface area contributed by atoms with E-state index in [1.165, 1.54) is 12.1 Å². The molecule has 214 valence electrons. The summed E-state index contributed by atoms with van der Waals surface area (Å²) in [5.74, 6) is -1.77. The van der Waals surface area contributed by atoms with Crippen LogP contribution in [0.5, 0.6) is 0 Å². The van der Waals surface area contributed by atoms with Crippen molar-refractivity contribution in [2.24, 2.45) is 4.99 Å². The Labute approximate surface area is 236 Å². The van der Waals surface area contributed by atoms with Crippen molar-refractivity contribution < 1.29 is 26.7 Å². The van der Waals surface area contributed by atoms with Gasteiger partial charge in [0.1, 0.15) is 17.3 Å². The topological polar surface area (TPSA) is 117 Å². The van der Waals surface area contributed by atoms with Gasteiger partial charge < -0.3 is 15.0 Å². The lowest BCUT2D eigenvalue weighted by molar-refractivity contribution is 0.0303. The molecule has 13 heteroatoms. The number of hydrogen-bond donors (Lipinski definition) is 1. The van der Waals surface area contributed by atoms with E-state index in [2.05, 4.69) is 20.3 Å². The van der Waals surface area contributed by atoms with Crippen LogP contribution < -0.4 is 5.32 Å². The molecule has 1 atom stereocenters. The van der Waals surface area contributed by atoms with Gasteiger partial charge in [0.15, 0.2) is 9.84 Å². The Balaban J connectivity index is 1.16. The highest BCUT2D eigenvalue weighted by molar-refractivity contribution is 7.91. The van der Waals surface area contributed by atoms with Crippen LogP contribution in [0.4, 0.5) is 26.1 Å². The normalized spacial score (nSPS) is 20.1. The number of morpholine rings is 1. The number of hydrogen-bond acceptors (Lipinski definition) is 9. The van der Waals surface area contributed by atoms with E-state index in [-0.39, 0.29) is 48.6 Å². The average Bonchev–Trinajstić information content (AvgIpc) is 3.39. The number of sulfone groups is 1. The second-order valence-electron chi connectivity index (χ2n) is 10.2. The average molecular weight is 583 g/mol.